The molecular weight excluding hydrogens is 520 g/mol. The van der Waals surface area contributed by atoms with Crippen molar-refractivity contribution in [2.45, 2.75) is 0 Å². The van der Waals surface area contributed by atoms with Gasteiger partial charge in [0.1, 0.15) is 5.75 Å². The lowest BCUT2D eigenvalue weighted by Gasteiger charge is -2.34. The van der Waals surface area contributed by atoms with Gasteiger partial charge in [0.2, 0.25) is 0 Å². The van der Waals surface area contributed by atoms with Gasteiger partial charge in [-0.05, 0) is 55.3 Å². The smallest absolute Gasteiger partial charge is 0.337 e. The molecular formula is C33H29NO3P2. The van der Waals surface area contributed by atoms with Crippen LogP contribution in [0, 0.1) is 0 Å². The summed E-state index contributed by atoms with van der Waals surface area (Å²) in [5.74, 6) is -1.11. The molecule has 0 heterocycles. The Morgan fingerprint density at radius 2 is 0.923 bits per heavy atom. The molecule has 0 spiro atoms. The number of phenolic OH excluding ortho intramolecular Hbond substituents is 1. The quantitative estimate of drug-likeness (QED) is 0.208. The van der Waals surface area contributed by atoms with Crippen LogP contribution in [0.25, 0.3) is 0 Å². The molecule has 0 radical (unpaired) electrons. The van der Waals surface area contributed by atoms with Crippen molar-refractivity contribution in [3.05, 3.63) is 145 Å². The Bertz CT molecular complexity index is 1340. The van der Waals surface area contributed by atoms with E-state index < -0.39 is 21.8 Å². The molecule has 39 heavy (non-hydrogen) atoms. The van der Waals surface area contributed by atoms with Crippen molar-refractivity contribution in [1.29, 1.82) is 0 Å². The van der Waals surface area contributed by atoms with Crippen molar-refractivity contribution in [2.75, 3.05) is 17.5 Å². The average Bonchev–Trinajstić information content (AvgIpc) is 2.99. The van der Waals surface area contributed by atoms with Crippen LogP contribution in [-0.2, 0) is 0 Å². The molecule has 5 aromatic carbocycles. The van der Waals surface area contributed by atoms with Crippen LogP contribution in [0.1, 0.15) is 10.4 Å². The molecule has 0 saturated heterocycles. The average molecular weight is 550 g/mol. The molecule has 6 heteroatoms. The maximum atomic E-state index is 12.4. The lowest BCUT2D eigenvalue weighted by Crippen LogP contribution is -2.33. The standard InChI is InChI=1S/C33H29NO3P2/c35-26-21-22-32(31(23-26)33(36)37)34(24-38(27-13-5-1-6-14-27)28-15-7-2-8-16-28)25-39(29-17-9-3-10-18-29)30-19-11-4-12-20-30/h1-23,35H,24-25H2,(H,36,37). The summed E-state index contributed by atoms with van der Waals surface area (Å²) in [6.07, 6.45) is 1.26. The molecule has 0 amide bonds. The molecule has 0 bridgehead atoms. The van der Waals surface area contributed by atoms with E-state index in [1.807, 2.05) is 24.3 Å². The maximum Gasteiger partial charge on any atom is 0.337 e. The molecule has 0 aliphatic carbocycles. The number of carboxylic acid groups (broad SMARTS) is 1. The van der Waals surface area contributed by atoms with Gasteiger partial charge in [-0.1, -0.05) is 121 Å². The first-order valence-corrected chi connectivity index (χ1v) is 15.7. The first-order valence-electron chi connectivity index (χ1n) is 12.7. The van der Waals surface area contributed by atoms with Crippen LogP contribution in [0.15, 0.2) is 140 Å². The highest BCUT2D eigenvalue weighted by Gasteiger charge is 2.26. The van der Waals surface area contributed by atoms with Crippen molar-refractivity contribution in [1.82, 2.24) is 0 Å². The van der Waals surface area contributed by atoms with E-state index in [1.165, 1.54) is 27.3 Å². The van der Waals surface area contributed by atoms with Gasteiger partial charge in [-0.15, -0.1) is 0 Å². The number of aromatic hydroxyl groups is 1. The summed E-state index contributed by atoms with van der Waals surface area (Å²) < 4.78 is 0. The van der Waals surface area contributed by atoms with Crippen molar-refractivity contribution >= 4 is 48.7 Å². The second-order valence-corrected chi connectivity index (χ2v) is 13.4. The fourth-order valence-electron chi connectivity index (χ4n) is 4.57. The highest BCUT2D eigenvalue weighted by molar-refractivity contribution is 7.74. The van der Waals surface area contributed by atoms with Crippen molar-refractivity contribution < 1.29 is 15.0 Å². The second kappa shape index (κ2) is 12.7. The monoisotopic (exact) mass is 549 g/mol. The molecule has 0 unspecified atom stereocenters. The zero-order chi connectivity index (χ0) is 27.0. The number of hydrogen-bond donors (Lipinski definition) is 2. The van der Waals surface area contributed by atoms with Crippen LogP contribution >= 0.6 is 15.8 Å². The van der Waals surface area contributed by atoms with E-state index in [2.05, 4.69) is 102 Å². The van der Waals surface area contributed by atoms with E-state index in [9.17, 15) is 15.0 Å². The molecule has 0 aliphatic heterocycles. The summed E-state index contributed by atoms with van der Waals surface area (Å²) in [7, 11) is -1.68. The molecule has 194 valence electrons. The second-order valence-electron chi connectivity index (χ2n) is 9.03. The van der Waals surface area contributed by atoms with E-state index in [1.54, 1.807) is 12.1 Å². The van der Waals surface area contributed by atoms with E-state index in [0.717, 1.165) is 0 Å². The van der Waals surface area contributed by atoms with Gasteiger partial charge in [-0.3, -0.25) is 0 Å². The van der Waals surface area contributed by atoms with E-state index in [-0.39, 0.29) is 11.3 Å². The summed E-state index contributed by atoms with van der Waals surface area (Å²) in [4.78, 5) is 14.6. The predicted octanol–water partition coefficient (Wildman–Crippen LogP) is 6.08. The minimum atomic E-state index is -1.06. The van der Waals surface area contributed by atoms with Gasteiger partial charge in [-0.25, -0.2) is 4.79 Å². The molecule has 2 N–H and O–H groups in total. The van der Waals surface area contributed by atoms with Crippen molar-refractivity contribution in [3.8, 4) is 5.75 Å². The number of carboxylic acids is 1. The fourth-order valence-corrected chi connectivity index (χ4v) is 9.29. The summed E-state index contributed by atoms with van der Waals surface area (Å²) >= 11 is 0. The zero-order valence-corrected chi connectivity index (χ0v) is 23.1. The van der Waals surface area contributed by atoms with Gasteiger partial charge in [0.15, 0.2) is 0 Å². The minimum Gasteiger partial charge on any atom is -0.508 e. The predicted molar refractivity (Wildman–Crippen MR) is 165 cm³/mol. The van der Waals surface area contributed by atoms with E-state index in [4.69, 9.17) is 0 Å². The Hall–Kier alpha value is -3.97. The molecule has 5 aromatic rings. The van der Waals surface area contributed by atoms with Crippen molar-refractivity contribution in [3.63, 3.8) is 0 Å². The van der Waals surface area contributed by atoms with Gasteiger partial charge in [0.25, 0.3) is 0 Å². The fraction of sp³-hybridized carbons (Fsp3) is 0.0606. The lowest BCUT2D eigenvalue weighted by atomic mass is 10.1. The summed E-state index contributed by atoms with van der Waals surface area (Å²) in [5, 5.41) is 25.2. The summed E-state index contributed by atoms with van der Waals surface area (Å²) in [6, 6.07) is 46.5. The molecule has 4 nitrogen and oxygen atoms in total. The van der Waals surface area contributed by atoms with Gasteiger partial charge >= 0.3 is 5.97 Å². The molecule has 0 saturated carbocycles. The Labute approximate surface area is 231 Å². The third-order valence-electron chi connectivity index (χ3n) is 6.45. The molecule has 0 fully saturated rings. The number of carbonyl (C=O) groups is 1. The Kier molecular flexibility index (Phi) is 8.68. The largest absolute Gasteiger partial charge is 0.508 e. The summed E-state index contributed by atoms with van der Waals surface area (Å²) in [6.45, 7) is 0. The van der Waals surface area contributed by atoms with E-state index in [0.29, 0.717) is 18.3 Å². The van der Waals surface area contributed by atoms with Crippen LogP contribution in [-0.4, -0.2) is 28.8 Å². The Balaban J connectivity index is 1.64. The van der Waals surface area contributed by atoms with Crippen LogP contribution in [0.2, 0.25) is 0 Å². The van der Waals surface area contributed by atoms with Crippen molar-refractivity contribution in [2.24, 2.45) is 0 Å². The van der Waals surface area contributed by atoms with Crippen LogP contribution in [0.4, 0.5) is 5.69 Å². The van der Waals surface area contributed by atoms with Crippen LogP contribution in [0.3, 0.4) is 0 Å². The molecule has 5 rings (SSSR count). The van der Waals surface area contributed by atoms with Gasteiger partial charge < -0.3 is 15.1 Å². The van der Waals surface area contributed by atoms with Gasteiger partial charge in [0, 0.05) is 12.6 Å². The highest BCUT2D eigenvalue weighted by atomic mass is 31.1. The first kappa shape index (κ1) is 26.6. The lowest BCUT2D eigenvalue weighted by molar-refractivity contribution is 0.0697. The number of aromatic carboxylic acids is 1. The third-order valence-corrected chi connectivity index (χ3v) is 11.4. The van der Waals surface area contributed by atoms with Gasteiger partial charge in [0.05, 0.1) is 11.3 Å². The highest BCUT2D eigenvalue weighted by Crippen LogP contribution is 2.42. The number of nitrogens with zero attached hydrogens (tertiary/aromatic N) is 1. The maximum absolute atomic E-state index is 12.4. The molecule has 0 aliphatic rings. The molecule has 0 atom stereocenters. The Morgan fingerprint density at radius 3 is 1.26 bits per heavy atom. The zero-order valence-electron chi connectivity index (χ0n) is 21.3. The SMILES string of the molecule is O=C(O)c1cc(O)ccc1N(CP(c1ccccc1)c1ccccc1)CP(c1ccccc1)c1ccccc1. The molecule has 0 aromatic heterocycles. The van der Waals surface area contributed by atoms with E-state index >= 15 is 0 Å². The topological polar surface area (TPSA) is 60.8 Å². The normalized spacial score (nSPS) is 11.0. The first-order chi connectivity index (χ1) is 19.1. The van der Waals surface area contributed by atoms with Crippen LogP contribution < -0.4 is 26.1 Å². The summed E-state index contributed by atoms with van der Waals surface area (Å²) in [5.41, 5.74) is 0.709. The number of hydrogen-bond acceptors (Lipinski definition) is 3. The van der Waals surface area contributed by atoms with Crippen LogP contribution in [0.5, 0.6) is 5.75 Å². The minimum absolute atomic E-state index is 0.0575. The number of phenols is 1. The third kappa shape index (κ3) is 6.55. The number of anilines is 1. The van der Waals surface area contributed by atoms with Gasteiger partial charge in [-0.2, -0.15) is 0 Å². The number of benzene rings is 5. The Morgan fingerprint density at radius 1 is 0.564 bits per heavy atom. The number of rotatable bonds is 10.